The van der Waals surface area contributed by atoms with E-state index >= 15 is 0 Å². The van der Waals surface area contributed by atoms with Crippen LogP contribution in [-0.2, 0) is 23.2 Å². The number of hydrogen-bond donors (Lipinski definition) is 0. The van der Waals surface area contributed by atoms with Gasteiger partial charge in [-0.1, -0.05) is 24.6 Å². The first kappa shape index (κ1) is 14.8. The zero-order valence-corrected chi connectivity index (χ0v) is 13.2. The Morgan fingerprint density at radius 1 is 1.47 bits per heavy atom. The van der Waals surface area contributed by atoms with Crippen LogP contribution in [0, 0.1) is 0 Å². The Kier molecular flexibility index (Phi) is 4.87. The van der Waals surface area contributed by atoms with Crippen molar-refractivity contribution < 1.29 is 4.21 Å². The normalized spacial score (nSPS) is 14.7. The van der Waals surface area contributed by atoms with Crippen molar-refractivity contribution in [1.29, 1.82) is 0 Å². The van der Waals surface area contributed by atoms with Gasteiger partial charge in [0, 0.05) is 28.9 Å². The lowest BCUT2D eigenvalue weighted by Gasteiger charge is -2.11. The highest BCUT2D eigenvalue weighted by atomic mass is 35.5. The molecule has 1 heterocycles. The van der Waals surface area contributed by atoms with Gasteiger partial charge in [0.2, 0.25) is 0 Å². The van der Waals surface area contributed by atoms with Crippen molar-refractivity contribution in [3.05, 3.63) is 29.0 Å². The fourth-order valence-corrected chi connectivity index (χ4v) is 2.84. The Labute approximate surface area is 125 Å². The summed E-state index contributed by atoms with van der Waals surface area (Å²) < 4.78 is 13.5. The van der Waals surface area contributed by atoms with Crippen LogP contribution < -0.4 is 0 Å². The Morgan fingerprint density at radius 2 is 2.21 bits per heavy atom. The maximum atomic E-state index is 11.4. The largest absolute Gasteiger partial charge is 0.327 e. The molecule has 0 saturated heterocycles. The fraction of sp³-hybridized carbons (Fsp3) is 0.462. The molecular weight excluding hydrogens is 303 g/mol. The highest BCUT2D eigenvalue weighted by Crippen LogP contribution is 2.25. The van der Waals surface area contributed by atoms with Crippen molar-refractivity contribution in [1.82, 2.24) is 9.55 Å². The second-order valence-corrected chi connectivity index (χ2v) is 7.00. The number of benzene rings is 1. The lowest BCUT2D eigenvalue weighted by atomic mass is 10.3. The number of aryl methyl sites for hydroxylation is 1. The Hall–Kier alpha value is -0.580. The molecule has 19 heavy (non-hydrogen) atoms. The Balaban J connectivity index is 2.35. The molecule has 0 bridgehead atoms. The molecule has 2 atom stereocenters. The van der Waals surface area contributed by atoms with Crippen LogP contribution in [0.5, 0.6) is 0 Å². The van der Waals surface area contributed by atoms with E-state index in [-0.39, 0.29) is 5.25 Å². The topological polar surface area (TPSA) is 34.9 Å². The van der Waals surface area contributed by atoms with E-state index in [1.807, 2.05) is 25.1 Å². The second kappa shape index (κ2) is 6.25. The molecule has 2 aromatic rings. The van der Waals surface area contributed by atoms with Crippen LogP contribution in [0.15, 0.2) is 18.2 Å². The van der Waals surface area contributed by atoms with Crippen LogP contribution in [0.25, 0.3) is 11.0 Å². The number of para-hydroxylation sites is 1. The molecule has 3 nitrogen and oxygen atoms in total. The summed E-state index contributed by atoms with van der Waals surface area (Å²) in [4.78, 5) is 4.48. The van der Waals surface area contributed by atoms with Crippen LogP contribution in [0.2, 0.25) is 5.02 Å². The standard InChI is InChI=1S/C13H16Cl2N2OS/c1-9(19(2)18)6-7-17-11-5-3-4-10(15)13(11)16-12(17)8-14/h3-5,9H,6-8H2,1-2H3. The van der Waals surface area contributed by atoms with Crippen LogP contribution in [-0.4, -0.2) is 25.3 Å². The minimum atomic E-state index is -0.811. The Bertz CT molecular complexity index is 612. The maximum Gasteiger partial charge on any atom is 0.124 e. The predicted molar refractivity (Wildman–Crippen MR) is 82.4 cm³/mol. The number of aromatic nitrogens is 2. The van der Waals surface area contributed by atoms with Gasteiger partial charge in [0.1, 0.15) is 11.3 Å². The van der Waals surface area contributed by atoms with Crippen LogP contribution >= 0.6 is 23.2 Å². The molecule has 0 aliphatic rings. The van der Waals surface area contributed by atoms with E-state index in [0.29, 0.717) is 10.9 Å². The first-order valence-electron chi connectivity index (χ1n) is 6.06. The molecule has 0 aliphatic heterocycles. The van der Waals surface area contributed by atoms with Gasteiger partial charge in [-0.25, -0.2) is 4.98 Å². The quantitative estimate of drug-likeness (QED) is 0.790. The summed E-state index contributed by atoms with van der Waals surface area (Å²) in [6, 6.07) is 5.71. The summed E-state index contributed by atoms with van der Waals surface area (Å²) in [5.41, 5.74) is 1.77. The summed E-state index contributed by atoms with van der Waals surface area (Å²) in [7, 11) is -0.811. The molecule has 1 aromatic carbocycles. The second-order valence-electron chi connectivity index (χ2n) is 4.52. The van der Waals surface area contributed by atoms with Gasteiger partial charge in [-0.3, -0.25) is 4.21 Å². The van der Waals surface area contributed by atoms with Gasteiger partial charge in [0.15, 0.2) is 0 Å². The third-order valence-corrected chi connectivity index (χ3v) is 5.17. The average molecular weight is 319 g/mol. The van der Waals surface area contributed by atoms with Crippen LogP contribution in [0.3, 0.4) is 0 Å². The lowest BCUT2D eigenvalue weighted by molar-refractivity contribution is 0.617. The molecule has 0 saturated carbocycles. The summed E-state index contributed by atoms with van der Waals surface area (Å²) in [5.74, 6) is 1.15. The monoisotopic (exact) mass is 318 g/mol. The van der Waals surface area contributed by atoms with Crippen molar-refractivity contribution in [3.63, 3.8) is 0 Å². The molecule has 104 valence electrons. The first-order chi connectivity index (χ1) is 9.04. The third kappa shape index (κ3) is 3.12. The number of imidazole rings is 1. The summed E-state index contributed by atoms with van der Waals surface area (Å²) in [6.45, 7) is 2.74. The summed E-state index contributed by atoms with van der Waals surface area (Å²) >= 11 is 12.1. The molecule has 1 aromatic heterocycles. The molecule has 2 unspecified atom stereocenters. The predicted octanol–water partition coefficient (Wildman–Crippen LogP) is 3.59. The van der Waals surface area contributed by atoms with Crippen LogP contribution in [0.1, 0.15) is 19.2 Å². The van der Waals surface area contributed by atoms with E-state index in [9.17, 15) is 4.21 Å². The number of nitrogens with zero attached hydrogens (tertiary/aromatic N) is 2. The first-order valence-corrected chi connectivity index (χ1v) is 8.59. The summed E-state index contributed by atoms with van der Waals surface area (Å²) in [6.07, 6.45) is 2.56. The van der Waals surface area contributed by atoms with E-state index in [0.717, 1.165) is 29.8 Å². The number of halogens is 2. The van der Waals surface area contributed by atoms with Crippen molar-refractivity contribution >= 4 is 45.0 Å². The van der Waals surface area contributed by atoms with Crippen molar-refractivity contribution in [2.75, 3.05) is 6.26 Å². The smallest absolute Gasteiger partial charge is 0.124 e. The minimum Gasteiger partial charge on any atom is -0.327 e. The number of rotatable bonds is 5. The molecule has 0 amide bonds. The maximum absolute atomic E-state index is 11.4. The van der Waals surface area contributed by atoms with E-state index in [4.69, 9.17) is 23.2 Å². The Morgan fingerprint density at radius 3 is 2.84 bits per heavy atom. The van der Waals surface area contributed by atoms with E-state index in [1.54, 1.807) is 6.26 Å². The molecular formula is C13H16Cl2N2OS. The van der Waals surface area contributed by atoms with Gasteiger partial charge >= 0.3 is 0 Å². The third-order valence-electron chi connectivity index (χ3n) is 3.25. The zero-order valence-electron chi connectivity index (χ0n) is 10.9. The number of fused-ring (bicyclic) bond motifs is 1. The molecule has 6 heteroatoms. The fourth-order valence-electron chi connectivity index (χ4n) is 1.99. The van der Waals surface area contributed by atoms with Gasteiger partial charge in [0.25, 0.3) is 0 Å². The van der Waals surface area contributed by atoms with Gasteiger partial charge in [-0.05, 0) is 18.6 Å². The molecule has 2 rings (SSSR count). The van der Waals surface area contributed by atoms with E-state index in [2.05, 4.69) is 9.55 Å². The lowest BCUT2D eigenvalue weighted by Crippen LogP contribution is -2.13. The molecule has 0 aliphatic carbocycles. The average Bonchev–Trinajstić information content (AvgIpc) is 2.75. The molecule has 0 radical (unpaired) electrons. The molecule has 0 spiro atoms. The molecule has 0 N–H and O–H groups in total. The van der Waals surface area contributed by atoms with E-state index < -0.39 is 10.8 Å². The van der Waals surface area contributed by atoms with Gasteiger partial charge < -0.3 is 4.57 Å². The van der Waals surface area contributed by atoms with Crippen LogP contribution in [0.4, 0.5) is 0 Å². The number of hydrogen-bond acceptors (Lipinski definition) is 2. The SMILES string of the molecule is CC(CCn1c(CCl)nc2c(Cl)cccc21)S(C)=O. The van der Waals surface area contributed by atoms with E-state index in [1.165, 1.54) is 0 Å². The summed E-state index contributed by atoms with van der Waals surface area (Å²) in [5, 5.41) is 0.787. The highest BCUT2D eigenvalue weighted by Gasteiger charge is 2.14. The van der Waals surface area contributed by atoms with Crippen molar-refractivity contribution in [2.24, 2.45) is 0 Å². The van der Waals surface area contributed by atoms with Gasteiger partial charge in [-0.15, -0.1) is 11.6 Å². The van der Waals surface area contributed by atoms with Crippen molar-refractivity contribution in [2.45, 2.75) is 31.0 Å². The molecule has 0 fully saturated rings. The van der Waals surface area contributed by atoms with Gasteiger partial charge in [-0.2, -0.15) is 0 Å². The zero-order chi connectivity index (χ0) is 14.0. The van der Waals surface area contributed by atoms with Crippen molar-refractivity contribution in [3.8, 4) is 0 Å². The highest BCUT2D eigenvalue weighted by molar-refractivity contribution is 7.84. The van der Waals surface area contributed by atoms with Gasteiger partial charge in [0.05, 0.1) is 16.4 Å². The minimum absolute atomic E-state index is 0.153. The number of alkyl halides is 1.